The van der Waals surface area contributed by atoms with Gasteiger partial charge in [0.05, 0.1) is 0 Å². The second kappa shape index (κ2) is 8.49. The van der Waals surface area contributed by atoms with Crippen LogP contribution in [-0.4, -0.2) is 52.6 Å². The van der Waals surface area contributed by atoms with Crippen molar-refractivity contribution in [2.24, 2.45) is 0 Å². The summed E-state index contributed by atoms with van der Waals surface area (Å²) in [6.45, 7) is 0.0192. The molecule has 0 atom stereocenters. The molecule has 2 aromatic heterocycles. The lowest BCUT2D eigenvalue weighted by molar-refractivity contribution is 0.0797. The number of rotatable bonds is 7. The Bertz CT molecular complexity index is 959. The standard InChI is InChI=1S/C19H20N4O5/c1-23(2)19(26)15-8-7-14(27-15)12-3-5-13(6-4-12)18(25)20-10-9-16-21-17(11-24)28-22-16/h3-8,24H,9-11H2,1-2H3,(H,20,25). The summed E-state index contributed by atoms with van der Waals surface area (Å²) >= 11 is 0. The smallest absolute Gasteiger partial charge is 0.289 e. The van der Waals surface area contributed by atoms with Crippen LogP contribution in [0, 0.1) is 0 Å². The van der Waals surface area contributed by atoms with Crippen molar-refractivity contribution in [1.82, 2.24) is 20.4 Å². The van der Waals surface area contributed by atoms with Gasteiger partial charge < -0.3 is 24.3 Å². The van der Waals surface area contributed by atoms with E-state index < -0.39 is 0 Å². The molecular formula is C19H20N4O5. The molecule has 0 radical (unpaired) electrons. The van der Waals surface area contributed by atoms with Gasteiger partial charge in [-0.05, 0) is 24.3 Å². The third-order valence-electron chi connectivity index (χ3n) is 3.93. The first-order chi connectivity index (χ1) is 13.5. The van der Waals surface area contributed by atoms with Crippen molar-refractivity contribution in [2.75, 3.05) is 20.6 Å². The molecule has 0 aliphatic carbocycles. The topological polar surface area (TPSA) is 122 Å². The lowest BCUT2D eigenvalue weighted by Crippen LogP contribution is -2.25. The van der Waals surface area contributed by atoms with Gasteiger partial charge in [-0.15, -0.1) is 0 Å². The van der Waals surface area contributed by atoms with Crippen LogP contribution in [0.3, 0.4) is 0 Å². The van der Waals surface area contributed by atoms with Gasteiger partial charge in [0.15, 0.2) is 11.6 Å². The molecule has 3 rings (SSSR count). The number of aromatic nitrogens is 2. The average Bonchev–Trinajstić information content (AvgIpc) is 3.37. The van der Waals surface area contributed by atoms with Crippen molar-refractivity contribution in [3.63, 3.8) is 0 Å². The largest absolute Gasteiger partial charge is 0.451 e. The Hall–Kier alpha value is -3.46. The highest BCUT2D eigenvalue weighted by Gasteiger charge is 2.14. The number of carbonyl (C=O) groups is 2. The van der Waals surface area contributed by atoms with Gasteiger partial charge in [0, 0.05) is 38.2 Å². The highest BCUT2D eigenvalue weighted by molar-refractivity contribution is 5.94. The first-order valence-corrected chi connectivity index (χ1v) is 8.60. The number of hydrogen-bond acceptors (Lipinski definition) is 7. The van der Waals surface area contributed by atoms with Crippen molar-refractivity contribution in [3.8, 4) is 11.3 Å². The van der Waals surface area contributed by atoms with Crippen molar-refractivity contribution in [2.45, 2.75) is 13.0 Å². The van der Waals surface area contributed by atoms with Crippen LogP contribution in [0.1, 0.15) is 32.6 Å². The van der Waals surface area contributed by atoms with E-state index in [1.54, 1.807) is 50.5 Å². The molecule has 2 heterocycles. The summed E-state index contributed by atoms with van der Waals surface area (Å²) in [7, 11) is 3.31. The number of furan rings is 1. The summed E-state index contributed by atoms with van der Waals surface area (Å²) < 4.78 is 10.4. The first kappa shape index (κ1) is 19.3. The predicted octanol–water partition coefficient (Wildman–Crippen LogP) is 1.50. The van der Waals surface area contributed by atoms with Crippen LogP contribution in [0.5, 0.6) is 0 Å². The maximum absolute atomic E-state index is 12.2. The molecule has 28 heavy (non-hydrogen) atoms. The summed E-state index contributed by atoms with van der Waals surface area (Å²) in [6.07, 6.45) is 0.391. The van der Waals surface area contributed by atoms with E-state index in [1.807, 2.05) is 0 Å². The Morgan fingerprint density at radius 3 is 2.54 bits per heavy atom. The summed E-state index contributed by atoms with van der Waals surface area (Å²) in [6, 6.07) is 10.2. The first-order valence-electron chi connectivity index (χ1n) is 8.60. The van der Waals surface area contributed by atoms with E-state index in [2.05, 4.69) is 15.5 Å². The maximum atomic E-state index is 12.2. The molecule has 3 aromatic rings. The van der Waals surface area contributed by atoms with Crippen molar-refractivity contribution < 1.29 is 23.6 Å². The molecule has 9 heteroatoms. The second-order valence-electron chi connectivity index (χ2n) is 6.21. The molecule has 0 aliphatic rings. The molecule has 0 fully saturated rings. The molecule has 0 saturated heterocycles. The number of carbonyl (C=O) groups excluding carboxylic acids is 2. The summed E-state index contributed by atoms with van der Waals surface area (Å²) in [5.41, 5.74) is 1.25. The molecule has 2 N–H and O–H groups in total. The van der Waals surface area contributed by atoms with Gasteiger partial charge in [-0.2, -0.15) is 4.98 Å². The zero-order chi connectivity index (χ0) is 20.1. The third kappa shape index (κ3) is 4.44. The molecule has 9 nitrogen and oxygen atoms in total. The summed E-state index contributed by atoms with van der Waals surface area (Å²) in [4.78, 5) is 29.5. The maximum Gasteiger partial charge on any atom is 0.289 e. The second-order valence-corrected chi connectivity index (χ2v) is 6.21. The lowest BCUT2D eigenvalue weighted by atomic mass is 10.1. The van der Waals surface area contributed by atoms with E-state index >= 15 is 0 Å². The van der Waals surface area contributed by atoms with Gasteiger partial charge in [-0.1, -0.05) is 17.3 Å². The Kier molecular flexibility index (Phi) is 5.85. The monoisotopic (exact) mass is 384 g/mol. The van der Waals surface area contributed by atoms with Crippen molar-refractivity contribution >= 4 is 11.8 Å². The summed E-state index contributed by atoms with van der Waals surface area (Å²) in [5.74, 6) is 0.919. The van der Waals surface area contributed by atoms with Crippen LogP contribution in [-0.2, 0) is 13.0 Å². The van der Waals surface area contributed by atoms with E-state index in [1.165, 1.54) is 4.90 Å². The van der Waals surface area contributed by atoms with E-state index in [-0.39, 0.29) is 30.1 Å². The average molecular weight is 384 g/mol. The van der Waals surface area contributed by atoms with Crippen molar-refractivity contribution in [1.29, 1.82) is 0 Å². The zero-order valence-corrected chi connectivity index (χ0v) is 15.5. The minimum atomic E-state index is -0.313. The van der Waals surface area contributed by atoms with Gasteiger partial charge >= 0.3 is 0 Å². The van der Waals surface area contributed by atoms with Crippen LogP contribution < -0.4 is 5.32 Å². The van der Waals surface area contributed by atoms with Crippen molar-refractivity contribution in [3.05, 3.63) is 59.4 Å². The molecule has 0 saturated carbocycles. The van der Waals surface area contributed by atoms with E-state index in [9.17, 15) is 9.59 Å². The number of amides is 2. The fourth-order valence-electron chi connectivity index (χ4n) is 2.46. The van der Waals surface area contributed by atoms with Crippen LogP contribution in [0.2, 0.25) is 0 Å². The molecule has 1 aromatic carbocycles. The zero-order valence-electron chi connectivity index (χ0n) is 15.5. The van der Waals surface area contributed by atoms with Crippen LogP contribution in [0.4, 0.5) is 0 Å². The number of hydrogen-bond donors (Lipinski definition) is 2. The quantitative estimate of drug-likeness (QED) is 0.633. The van der Waals surface area contributed by atoms with Crippen LogP contribution in [0.15, 0.2) is 45.3 Å². The van der Waals surface area contributed by atoms with Gasteiger partial charge in [0.25, 0.3) is 17.7 Å². The fourth-order valence-corrected chi connectivity index (χ4v) is 2.46. The summed E-state index contributed by atoms with van der Waals surface area (Å²) in [5, 5.41) is 15.3. The van der Waals surface area contributed by atoms with Gasteiger partial charge in [-0.3, -0.25) is 9.59 Å². The highest BCUT2D eigenvalue weighted by Crippen LogP contribution is 2.23. The normalized spacial score (nSPS) is 10.7. The fraction of sp³-hybridized carbons (Fsp3) is 0.263. The third-order valence-corrected chi connectivity index (χ3v) is 3.93. The molecular weight excluding hydrogens is 364 g/mol. The Balaban J connectivity index is 1.57. The molecule has 2 amide bonds. The number of benzene rings is 1. The molecule has 0 aliphatic heterocycles. The van der Waals surface area contributed by atoms with Gasteiger partial charge in [0.1, 0.15) is 12.4 Å². The van der Waals surface area contributed by atoms with E-state index in [0.29, 0.717) is 30.1 Å². The number of nitrogens with zero attached hydrogens (tertiary/aromatic N) is 3. The number of aliphatic hydroxyl groups excluding tert-OH is 1. The SMILES string of the molecule is CN(C)C(=O)c1ccc(-c2ccc(C(=O)NCCc3noc(CO)n3)cc2)o1. The number of nitrogens with one attached hydrogen (secondary N) is 1. The minimum Gasteiger partial charge on any atom is -0.451 e. The number of aliphatic hydroxyl groups is 1. The highest BCUT2D eigenvalue weighted by atomic mass is 16.5. The van der Waals surface area contributed by atoms with Crippen LogP contribution >= 0.6 is 0 Å². The Morgan fingerprint density at radius 2 is 1.89 bits per heavy atom. The van der Waals surface area contributed by atoms with E-state index in [0.717, 1.165) is 5.56 Å². The minimum absolute atomic E-state index is 0.144. The molecule has 0 unspecified atom stereocenters. The Labute approximate surface area is 161 Å². The van der Waals surface area contributed by atoms with Gasteiger partial charge in [0.2, 0.25) is 0 Å². The van der Waals surface area contributed by atoms with Crippen LogP contribution in [0.25, 0.3) is 11.3 Å². The Morgan fingerprint density at radius 1 is 1.14 bits per heavy atom. The lowest BCUT2D eigenvalue weighted by Gasteiger charge is -2.07. The van der Waals surface area contributed by atoms with Gasteiger partial charge in [-0.25, -0.2) is 0 Å². The van der Waals surface area contributed by atoms with E-state index in [4.69, 9.17) is 14.0 Å². The molecule has 146 valence electrons. The molecule has 0 bridgehead atoms. The molecule has 0 spiro atoms. The predicted molar refractivity (Wildman–Crippen MR) is 98.4 cm³/mol.